The highest BCUT2D eigenvalue weighted by Crippen LogP contribution is 2.37. The topological polar surface area (TPSA) is 82.1 Å². The summed E-state index contributed by atoms with van der Waals surface area (Å²) in [4.78, 5) is 12.5. The number of aromatic nitrogens is 2. The molecule has 6 nitrogen and oxygen atoms in total. The zero-order valence-electron chi connectivity index (χ0n) is 15.7. The number of nitrogens with one attached hydrogen (secondary N) is 1. The maximum Gasteiger partial charge on any atom is 0.418 e. The lowest BCUT2D eigenvalue weighted by Crippen LogP contribution is -2.36. The van der Waals surface area contributed by atoms with Gasteiger partial charge in [-0.05, 0) is 48.5 Å². The molecule has 2 aromatic carbocycles. The van der Waals surface area contributed by atoms with Crippen LogP contribution in [0, 0.1) is 6.92 Å². The highest BCUT2D eigenvalue weighted by molar-refractivity contribution is 8.00. The Balaban J connectivity index is 1.81. The van der Waals surface area contributed by atoms with Crippen LogP contribution in [0.5, 0.6) is 5.95 Å². The molecule has 0 spiro atoms. The van der Waals surface area contributed by atoms with Gasteiger partial charge in [0.2, 0.25) is 11.6 Å². The van der Waals surface area contributed by atoms with Gasteiger partial charge in [-0.25, -0.2) is 0 Å². The van der Waals surface area contributed by atoms with Crippen molar-refractivity contribution in [3.63, 3.8) is 0 Å². The molecule has 158 valence electrons. The number of alkyl halides is 3. The number of nitrogens with zero attached hydrogens (tertiary/aromatic N) is 2. The van der Waals surface area contributed by atoms with Crippen molar-refractivity contribution in [3.05, 3.63) is 58.6 Å². The minimum absolute atomic E-state index is 0.0219. The normalized spacial score (nSPS) is 12.6. The minimum atomic E-state index is -4.70. The van der Waals surface area contributed by atoms with E-state index >= 15 is 0 Å². The lowest BCUT2D eigenvalue weighted by Gasteiger charge is -2.16. The Labute approximate surface area is 178 Å². The molecule has 0 aliphatic carbocycles. The SMILES string of the molecule is Cc1ccc(-[n+]2noc([O-])c2SC(C)C(=O)Nc2ccc(Cl)cc2C(F)(F)F)cc1. The van der Waals surface area contributed by atoms with Crippen LogP contribution < -0.4 is 15.1 Å². The van der Waals surface area contributed by atoms with Crippen LogP contribution in [0.25, 0.3) is 5.69 Å². The van der Waals surface area contributed by atoms with Gasteiger partial charge in [-0.3, -0.25) is 4.79 Å². The first kappa shape index (κ1) is 22.0. The predicted octanol–water partition coefficient (Wildman–Crippen LogP) is 4.12. The third-order valence-electron chi connectivity index (χ3n) is 4.05. The molecule has 30 heavy (non-hydrogen) atoms. The Kier molecular flexibility index (Phi) is 6.27. The van der Waals surface area contributed by atoms with Crippen molar-refractivity contribution in [3.8, 4) is 11.6 Å². The number of anilines is 1. The van der Waals surface area contributed by atoms with Crippen LogP contribution in [0.3, 0.4) is 0 Å². The summed E-state index contributed by atoms with van der Waals surface area (Å²) in [6.07, 6.45) is -4.70. The number of carbonyl (C=O) groups is 1. The highest BCUT2D eigenvalue weighted by atomic mass is 35.5. The van der Waals surface area contributed by atoms with Crippen molar-refractivity contribution in [1.29, 1.82) is 0 Å². The summed E-state index contributed by atoms with van der Waals surface area (Å²) in [5.74, 6) is -1.49. The third kappa shape index (κ3) is 4.88. The second kappa shape index (κ2) is 8.57. The zero-order chi connectivity index (χ0) is 22.1. The summed E-state index contributed by atoms with van der Waals surface area (Å²) in [6, 6.07) is 10.1. The lowest BCUT2D eigenvalue weighted by molar-refractivity contribution is -0.705. The molecule has 1 aromatic heterocycles. The molecule has 3 aromatic rings. The van der Waals surface area contributed by atoms with Gasteiger partial charge in [-0.1, -0.05) is 29.3 Å². The van der Waals surface area contributed by atoms with Crippen LogP contribution >= 0.6 is 23.4 Å². The van der Waals surface area contributed by atoms with Gasteiger partial charge < -0.3 is 14.9 Å². The van der Waals surface area contributed by atoms with Gasteiger partial charge in [0.05, 0.1) is 21.8 Å². The maximum absolute atomic E-state index is 13.2. The summed E-state index contributed by atoms with van der Waals surface area (Å²) < 4.78 is 45.6. The molecule has 0 saturated heterocycles. The number of benzene rings is 2. The van der Waals surface area contributed by atoms with E-state index < -0.39 is 34.5 Å². The molecule has 0 saturated carbocycles. The first-order chi connectivity index (χ1) is 14.1. The van der Waals surface area contributed by atoms with E-state index in [2.05, 4.69) is 10.6 Å². The second-order valence-electron chi connectivity index (χ2n) is 6.35. The second-order valence-corrected chi connectivity index (χ2v) is 8.12. The van der Waals surface area contributed by atoms with Crippen LogP contribution in [0.1, 0.15) is 18.1 Å². The van der Waals surface area contributed by atoms with Gasteiger partial charge in [-0.2, -0.15) is 13.2 Å². The maximum atomic E-state index is 13.2. The molecule has 1 N–H and O–H groups in total. The van der Waals surface area contributed by atoms with E-state index in [1.807, 2.05) is 19.1 Å². The largest absolute Gasteiger partial charge is 0.538 e. The summed E-state index contributed by atoms with van der Waals surface area (Å²) >= 11 is 6.47. The van der Waals surface area contributed by atoms with Gasteiger partial charge in [-0.15, -0.1) is 0 Å². The van der Waals surface area contributed by atoms with Gasteiger partial charge >= 0.3 is 6.18 Å². The Hall–Kier alpha value is -2.72. The standard InChI is InChI=1S/C19H15ClF3N3O3S/c1-10-3-6-13(7-4-10)26-17(18(28)29-25-26)30-11(2)16(27)24-15-8-5-12(20)9-14(15)19(21,22)23/h3-9,11H,1-2H3,(H-,24,25,27,28). The first-order valence-corrected chi connectivity index (χ1v) is 9.82. The van der Waals surface area contributed by atoms with Gasteiger partial charge in [0, 0.05) is 17.2 Å². The van der Waals surface area contributed by atoms with Gasteiger partial charge in [0.15, 0.2) is 5.95 Å². The molecular weight excluding hydrogens is 443 g/mol. The molecule has 11 heteroatoms. The molecule has 1 unspecified atom stereocenters. The van der Waals surface area contributed by atoms with Crippen LogP contribution in [0.2, 0.25) is 5.02 Å². The Morgan fingerprint density at radius 1 is 1.27 bits per heavy atom. The molecule has 1 atom stereocenters. The van der Waals surface area contributed by atoms with Crippen LogP contribution in [0.15, 0.2) is 52.0 Å². The number of hydrogen-bond acceptors (Lipinski definition) is 5. The van der Waals surface area contributed by atoms with E-state index in [0.717, 1.165) is 29.5 Å². The lowest BCUT2D eigenvalue weighted by atomic mass is 10.1. The van der Waals surface area contributed by atoms with Crippen molar-refractivity contribution in [2.45, 2.75) is 30.3 Å². The molecule has 0 fully saturated rings. The highest BCUT2D eigenvalue weighted by Gasteiger charge is 2.35. The molecule has 3 rings (SSSR count). The Bertz CT molecular complexity index is 1070. The van der Waals surface area contributed by atoms with Gasteiger partial charge in [0.25, 0.3) is 5.03 Å². The molecule has 1 heterocycles. The third-order valence-corrected chi connectivity index (χ3v) is 5.42. The van der Waals surface area contributed by atoms with Crippen LogP contribution in [0.4, 0.5) is 18.9 Å². The summed E-state index contributed by atoms with van der Waals surface area (Å²) in [5, 5.41) is 17.0. The average Bonchev–Trinajstić information content (AvgIpc) is 3.03. The monoisotopic (exact) mass is 457 g/mol. The van der Waals surface area contributed by atoms with Crippen molar-refractivity contribution in [1.82, 2.24) is 5.27 Å². The van der Waals surface area contributed by atoms with E-state index in [1.165, 1.54) is 17.7 Å². The first-order valence-electron chi connectivity index (χ1n) is 8.56. The number of rotatable bonds is 5. The van der Waals surface area contributed by atoms with Crippen molar-refractivity contribution >= 4 is 35.0 Å². The Morgan fingerprint density at radius 2 is 1.93 bits per heavy atom. The van der Waals surface area contributed by atoms with Crippen molar-refractivity contribution < 1.29 is 32.3 Å². The van der Waals surface area contributed by atoms with Crippen LogP contribution in [-0.4, -0.2) is 16.4 Å². The molecule has 1 amide bonds. The van der Waals surface area contributed by atoms with E-state index in [4.69, 9.17) is 16.1 Å². The number of amides is 1. The van der Waals surface area contributed by atoms with Crippen LogP contribution in [-0.2, 0) is 11.0 Å². The van der Waals surface area contributed by atoms with Crippen molar-refractivity contribution in [2.24, 2.45) is 0 Å². The number of halogens is 4. The average molecular weight is 458 g/mol. The predicted molar refractivity (Wildman–Crippen MR) is 103 cm³/mol. The fourth-order valence-electron chi connectivity index (χ4n) is 2.50. The number of aryl methyl sites for hydroxylation is 1. The molecule has 0 aliphatic heterocycles. The number of carbonyl (C=O) groups excluding carboxylic acids is 1. The van der Waals surface area contributed by atoms with Crippen molar-refractivity contribution in [2.75, 3.05) is 5.32 Å². The van der Waals surface area contributed by atoms with E-state index in [-0.39, 0.29) is 10.0 Å². The zero-order valence-corrected chi connectivity index (χ0v) is 17.2. The smallest absolute Gasteiger partial charge is 0.418 e. The number of hydrogen-bond donors (Lipinski definition) is 1. The molecular formula is C19H15ClF3N3O3S. The van der Waals surface area contributed by atoms with E-state index in [1.54, 1.807) is 12.1 Å². The number of thioether (sulfide) groups is 1. The summed E-state index contributed by atoms with van der Waals surface area (Å²) in [5.41, 5.74) is 0.0439. The fraction of sp³-hybridized carbons (Fsp3) is 0.211. The fourth-order valence-corrected chi connectivity index (χ4v) is 3.55. The molecule has 0 bridgehead atoms. The van der Waals surface area contributed by atoms with E-state index in [9.17, 15) is 23.1 Å². The Morgan fingerprint density at radius 3 is 2.57 bits per heavy atom. The van der Waals surface area contributed by atoms with Gasteiger partial charge in [0.1, 0.15) is 0 Å². The summed E-state index contributed by atoms with van der Waals surface area (Å²) in [6.45, 7) is 3.35. The molecule has 0 aliphatic rings. The molecule has 0 radical (unpaired) electrons. The quantitative estimate of drug-likeness (QED) is 0.460. The minimum Gasteiger partial charge on any atom is -0.538 e. The van der Waals surface area contributed by atoms with E-state index in [0.29, 0.717) is 5.69 Å². The summed E-state index contributed by atoms with van der Waals surface area (Å²) in [7, 11) is 0.